The van der Waals surface area contributed by atoms with Gasteiger partial charge in [0.1, 0.15) is 12.0 Å². The number of nitrogens with zero attached hydrogens (tertiary/aromatic N) is 2. The molecular formula is C37H42N2O2U. The number of benzene rings is 3. The summed E-state index contributed by atoms with van der Waals surface area (Å²) < 4.78 is 6.30. The van der Waals surface area contributed by atoms with Crippen LogP contribution in [0.15, 0.2) is 78.7 Å². The summed E-state index contributed by atoms with van der Waals surface area (Å²) in [5.74, 6) is 1.87. The average molecular weight is 785 g/mol. The van der Waals surface area contributed by atoms with Crippen molar-refractivity contribution in [3.63, 3.8) is 0 Å². The maximum Gasteiger partial charge on any atom is 2.00 e. The molecule has 3 aliphatic rings. The fourth-order valence-electron chi connectivity index (χ4n) is 6.63. The van der Waals surface area contributed by atoms with E-state index in [2.05, 4.69) is 90.4 Å². The minimum atomic E-state index is 0. The van der Waals surface area contributed by atoms with Crippen molar-refractivity contribution < 1.29 is 40.6 Å². The van der Waals surface area contributed by atoms with Gasteiger partial charge in [0, 0.05) is 24.1 Å². The zero-order valence-electron chi connectivity index (χ0n) is 25.4. The number of carbonyl (C=O) groups is 1. The standard InChI is InChI=1S/C36H39N2O2.CH3.U/c1-25(2)38-32(14-13-29-11-7-8-12-34(29)38)24-40-35-22-30-21-31(36(39)33(30)19-26(35)3)20-27-15-17-37(18-16-27)23-28-9-5-4-6-10-28;;/h4-6,8-14,19,22,24-25,27,31H,15-18,20-21,23H2,1-3H3;1H3;/q2*-1;+2/b32-24-;;. The van der Waals surface area contributed by atoms with Crippen LogP contribution in [0.5, 0.6) is 5.75 Å². The Morgan fingerprint density at radius 2 is 1.83 bits per heavy atom. The second-order valence-corrected chi connectivity index (χ2v) is 11.9. The van der Waals surface area contributed by atoms with Crippen LogP contribution in [0.4, 0.5) is 5.69 Å². The summed E-state index contributed by atoms with van der Waals surface area (Å²) in [5.41, 5.74) is 7.76. The Bertz CT molecular complexity index is 1440. The molecule has 0 N–H and O–H groups in total. The molecule has 1 aliphatic carbocycles. The molecule has 3 aromatic rings. The van der Waals surface area contributed by atoms with Gasteiger partial charge >= 0.3 is 31.1 Å². The van der Waals surface area contributed by atoms with Gasteiger partial charge in [0.25, 0.3) is 0 Å². The third-order valence-corrected chi connectivity index (χ3v) is 8.74. The number of fused-ring (bicyclic) bond motifs is 2. The van der Waals surface area contributed by atoms with Gasteiger partial charge in [-0.1, -0.05) is 36.0 Å². The van der Waals surface area contributed by atoms with Crippen molar-refractivity contribution in [2.45, 2.75) is 59.0 Å². The summed E-state index contributed by atoms with van der Waals surface area (Å²) in [7, 11) is 0. The van der Waals surface area contributed by atoms with E-state index in [0.717, 1.165) is 71.9 Å². The van der Waals surface area contributed by atoms with E-state index in [4.69, 9.17) is 4.74 Å². The number of hydrogen-bond acceptors (Lipinski definition) is 4. The van der Waals surface area contributed by atoms with Crippen LogP contribution in [0.2, 0.25) is 0 Å². The van der Waals surface area contributed by atoms with E-state index in [9.17, 15) is 4.79 Å². The molecule has 1 saturated heterocycles. The molecule has 42 heavy (non-hydrogen) atoms. The van der Waals surface area contributed by atoms with Crippen LogP contribution in [0.1, 0.15) is 65.7 Å². The van der Waals surface area contributed by atoms with Gasteiger partial charge in [0.2, 0.25) is 0 Å². The summed E-state index contributed by atoms with van der Waals surface area (Å²) in [6, 6.07) is 24.4. The van der Waals surface area contributed by atoms with Gasteiger partial charge in [-0.2, -0.15) is 18.2 Å². The third-order valence-electron chi connectivity index (χ3n) is 8.74. The van der Waals surface area contributed by atoms with E-state index in [-0.39, 0.29) is 50.5 Å². The Morgan fingerprint density at radius 3 is 2.57 bits per heavy atom. The van der Waals surface area contributed by atoms with Gasteiger partial charge < -0.3 is 17.1 Å². The molecule has 0 saturated carbocycles. The average Bonchev–Trinajstić information content (AvgIpc) is 3.26. The monoisotopic (exact) mass is 784 g/mol. The van der Waals surface area contributed by atoms with Gasteiger partial charge in [-0.05, 0) is 100 Å². The van der Waals surface area contributed by atoms with Crippen molar-refractivity contribution in [1.82, 2.24) is 4.90 Å². The first-order valence-electron chi connectivity index (χ1n) is 14.7. The molecule has 2 aliphatic heterocycles. The largest absolute Gasteiger partial charge is 2.00 e. The first kappa shape index (κ1) is 32.3. The van der Waals surface area contributed by atoms with Gasteiger partial charge in [-0.25, -0.2) is 0 Å². The number of Topliss-reactive ketones (excluding diaryl/α,β-unsaturated/α-hetero) is 1. The molecule has 0 spiro atoms. The number of carbonyl (C=O) groups excluding carboxylic acids is 1. The molecule has 1 atom stereocenters. The first-order valence-corrected chi connectivity index (χ1v) is 14.7. The van der Waals surface area contributed by atoms with E-state index in [0.29, 0.717) is 11.7 Å². The van der Waals surface area contributed by atoms with Crippen molar-refractivity contribution in [2.24, 2.45) is 11.8 Å². The minimum absolute atomic E-state index is 0. The first-order chi connectivity index (χ1) is 19.5. The molecule has 3 aromatic carbocycles. The SMILES string of the molecule is Cc1cc2c(cc1O/C=C1/C=Cc3c[c-]ccc3N1C(C)C)CC(CC1CCN(Cc3ccccc3)CC1)C2=O.[CH3-].[U+2]. The molecule has 0 amide bonds. The van der Waals surface area contributed by atoms with Crippen molar-refractivity contribution in [1.29, 1.82) is 0 Å². The molecule has 1 unspecified atom stereocenters. The number of allylic oxidation sites excluding steroid dienone is 1. The third kappa shape index (κ3) is 6.97. The van der Waals surface area contributed by atoms with Crippen LogP contribution >= 0.6 is 0 Å². The molecule has 5 heteroatoms. The summed E-state index contributed by atoms with van der Waals surface area (Å²) in [5, 5.41) is 0. The van der Waals surface area contributed by atoms with Crippen LogP contribution in [-0.4, -0.2) is 29.8 Å². The number of rotatable bonds is 7. The molecule has 6 rings (SSSR count). The maximum absolute atomic E-state index is 13.4. The summed E-state index contributed by atoms with van der Waals surface area (Å²) >= 11 is 0. The Balaban J connectivity index is 0.00000202. The molecule has 216 valence electrons. The van der Waals surface area contributed by atoms with E-state index in [1.54, 1.807) is 0 Å². The van der Waals surface area contributed by atoms with Crippen LogP contribution in [0.25, 0.3) is 6.08 Å². The number of hydrogen-bond donors (Lipinski definition) is 0. The van der Waals surface area contributed by atoms with Gasteiger partial charge in [0.05, 0.1) is 5.70 Å². The number of aryl methyl sites for hydroxylation is 1. The van der Waals surface area contributed by atoms with Gasteiger partial charge in [-0.3, -0.25) is 9.69 Å². The molecule has 0 aromatic heterocycles. The summed E-state index contributed by atoms with van der Waals surface area (Å²) in [6.45, 7) is 9.67. The van der Waals surface area contributed by atoms with Crippen molar-refractivity contribution in [2.75, 3.05) is 18.0 Å². The van der Waals surface area contributed by atoms with Crippen molar-refractivity contribution >= 4 is 17.5 Å². The Kier molecular flexibility index (Phi) is 11.0. The predicted molar refractivity (Wildman–Crippen MR) is 169 cm³/mol. The summed E-state index contributed by atoms with van der Waals surface area (Å²) in [4.78, 5) is 18.2. The zero-order valence-corrected chi connectivity index (χ0v) is 29.6. The van der Waals surface area contributed by atoms with Crippen LogP contribution in [-0.2, 0) is 13.0 Å². The Labute approximate surface area is 276 Å². The fourth-order valence-corrected chi connectivity index (χ4v) is 6.63. The quantitative estimate of drug-likeness (QED) is 0.180. The zero-order chi connectivity index (χ0) is 27.6. The van der Waals surface area contributed by atoms with Crippen molar-refractivity contribution in [3.8, 4) is 5.75 Å². The van der Waals surface area contributed by atoms with Crippen LogP contribution < -0.4 is 9.64 Å². The number of ketones is 1. The molecular weight excluding hydrogens is 742 g/mol. The Morgan fingerprint density at radius 1 is 1.07 bits per heavy atom. The molecule has 4 nitrogen and oxygen atoms in total. The molecule has 1 fully saturated rings. The van der Waals surface area contributed by atoms with E-state index >= 15 is 0 Å². The van der Waals surface area contributed by atoms with Crippen LogP contribution in [0.3, 0.4) is 0 Å². The normalized spacial score (nSPS) is 19.3. The topological polar surface area (TPSA) is 32.8 Å². The predicted octanol–water partition coefficient (Wildman–Crippen LogP) is 8.06. The molecule has 2 heterocycles. The second-order valence-electron chi connectivity index (χ2n) is 11.9. The Hall–Kier alpha value is -2.58. The van der Waals surface area contributed by atoms with Crippen molar-refractivity contribution in [3.05, 3.63) is 120 Å². The second kappa shape index (κ2) is 14.3. The fraction of sp³-hybridized carbons (Fsp3) is 0.351. The van der Waals surface area contributed by atoms with E-state index in [1.807, 2.05) is 25.3 Å². The van der Waals surface area contributed by atoms with Gasteiger partial charge in [-0.15, -0.1) is 17.7 Å². The van der Waals surface area contributed by atoms with E-state index in [1.165, 1.54) is 18.4 Å². The number of piperidine rings is 1. The maximum atomic E-state index is 13.4. The molecule has 0 radical (unpaired) electrons. The molecule has 0 bridgehead atoms. The summed E-state index contributed by atoms with van der Waals surface area (Å²) in [6.07, 6.45) is 10.2. The number of ether oxygens (including phenoxy) is 1. The minimum Gasteiger partial charge on any atom is -0.463 e. The van der Waals surface area contributed by atoms with Gasteiger partial charge in [0.15, 0.2) is 5.78 Å². The smallest absolute Gasteiger partial charge is 0.463 e. The number of anilines is 1. The van der Waals surface area contributed by atoms with E-state index < -0.39 is 0 Å². The van der Waals surface area contributed by atoms with Crippen LogP contribution in [0, 0.1) is 63.4 Å². The number of likely N-dealkylation sites (tertiary alicyclic amines) is 1.